The summed E-state index contributed by atoms with van der Waals surface area (Å²) in [4.78, 5) is 7.11. The zero-order valence-electron chi connectivity index (χ0n) is 19.3. The fraction of sp³-hybridized carbons (Fsp3) is 0.121. The Morgan fingerprint density at radius 1 is 0.514 bits per heavy atom. The average Bonchev–Trinajstić information content (AvgIpc) is 3.45. The van der Waals surface area contributed by atoms with E-state index in [1.165, 1.54) is 83.8 Å². The second-order valence-electron chi connectivity index (χ2n) is 10.4. The van der Waals surface area contributed by atoms with Gasteiger partial charge in [0.2, 0.25) is 0 Å². The summed E-state index contributed by atoms with van der Waals surface area (Å²) in [5.41, 5.74) is 21.3. The van der Waals surface area contributed by atoms with Crippen LogP contribution < -0.4 is 4.90 Å². The molecule has 9 rings (SSSR count). The number of hydrogen-bond acceptors (Lipinski definition) is 2. The van der Waals surface area contributed by atoms with Crippen LogP contribution in [0.1, 0.15) is 44.5 Å². The minimum atomic E-state index is 0.968. The Morgan fingerprint density at radius 2 is 1.26 bits per heavy atom. The van der Waals surface area contributed by atoms with Crippen LogP contribution in [0, 0.1) is 0 Å². The van der Waals surface area contributed by atoms with Crippen LogP contribution in [0.3, 0.4) is 0 Å². The molecule has 0 bridgehead atoms. The van der Waals surface area contributed by atoms with Gasteiger partial charge in [-0.3, -0.25) is 4.98 Å². The van der Waals surface area contributed by atoms with Crippen LogP contribution in [0.15, 0.2) is 85.2 Å². The second kappa shape index (κ2) is 6.28. The normalized spacial score (nSPS) is 14.9. The highest BCUT2D eigenvalue weighted by atomic mass is 15.2. The van der Waals surface area contributed by atoms with Crippen LogP contribution in [-0.4, -0.2) is 4.98 Å². The molecule has 0 amide bonds. The van der Waals surface area contributed by atoms with Gasteiger partial charge in [0.25, 0.3) is 0 Å². The lowest BCUT2D eigenvalue weighted by Crippen LogP contribution is -2.26. The number of anilines is 3. The van der Waals surface area contributed by atoms with Crippen molar-refractivity contribution in [1.82, 2.24) is 4.98 Å². The Labute approximate surface area is 204 Å². The van der Waals surface area contributed by atoms with Crippen LogP contribution in [0.25, 0.3) is 22.3 Å². The monoisotopic (exact) mass is 446 g/mol. The molecule has 0 radical (unpaired) electrons. The molecule has 4 aromatic carbocycles. The smallest absolute Gasteiger partial charge is 0.0680 e. The van der Waals surface area contributed by atoms with Crippen molar-refractivity contribution in [3.05, 3.63) is 130 Å². The number of nitrogens with zero attached hydrogens (tertiary/aromatic N) is 2. The highest BCUT2D eigenvalue weighted by Gasteiger charge is 2.37. The molecular formula is C33H22N2. The third kappa shape index (κ3) is 2.27. The van der Waals surface area contributed by atoms with Crippen molar-refractivity contribution >= 4 is 17.1 Å². The predicted octanol–water partition coefficient (Wildman–Crippen LogP) is 7.50. The molecule has 164 valence electrons. The summed E-state index contributed by atoms with van der Waals surface area (Å²) in [6.07, 6.45) is 8.05. The molecule has 0 saturated carbocycles. The van der Waals surface area contributed by atoms with Crippen LogP contribution in [-0.2, 0) is 25.7 Å². The number of rotatable bonds is 0. The summed E-state index contributed by atoms with van der Waals surface area (Å²) < 4.78 is 0. The van der Waals surface area contributed by atoms with E-state index in [4.69, 9.17) is 0 Å². The summed E-state index contributed by atoms with van der Waals surface area (Å²) in [5, 5.41) is 0. The molecule has 0 fully saturated rings. The molecule has 4 aliphatic rings. The third-order valence-corrected chi connectivity index (χ3v) is 8.61. The van der Waals surface area contributed by atoms with E-state index in [9.17, 15) is 0 Å². The van der Waals surface area contributed by atoms with Crippen molar-refractivity contribution in [2.45, 2.75) is 25.7 Å². The highest BCUT2D eigenvalue weighted by molar-refractivity contribution is 5.95. The minimum absolute atomic E-state index is 0.968. The van der Waals surface area contributed by atoms with E-state index in [1.54, 1.807) is 0 Å². The maximum Gasteiger partial charge on any atom is 0.0680 e. The number of benzene rings is 4. The Morgan fingerprint density at radius 3 is 2.14 bits per heavy atom. The lowest BCUT2D eigenvalue weighted by Gasteiger charge is -2.40. The van der Waals surface area contributed by atoms with E-state index in [-0.39, 0.29) is 0 Å². The molecule has 2 aliphatic heterocycles. The lowest BCUT2D eigenvalue weighted by atomic mass is 9.82. The van der Waals surface area contributed by atoms with E-state index in [0.717, 1.165) is 25.7 Å². The quantitative estimate of drug-likeness (QED) is 0.240. The highest BCUT2D eigenvalue weighted by Crippen LogP contribution is 2.55. The minimum Gasteiger partial charge on any atom is -0.308 e. The van der Waals surface area contributed by atoms with E-state index >= 15 is 0 Å². The second-order valence-corrected chi connectivity index (χ2v) is 10.4. The zero-order chi connectivity index (χ0) is 22.7. The maximum absolute atomic E-state index is 4.57. The fourth-order valence-electron chi connectivity index (χ4n) is 7.11. The van der Waals surface area contributed by atoms with Gasteiger partial charge in [-0.1, -0.05) is 54.6 Å². The van der Waals surface area contributed by atoms with Crippen molar-refractivity contribution in [2.24, 2.45) is 0 Å². The number of fused-ring (bicyclic) bond motifs is 11. The average molecular weight is 447 g/mol. The van der Waals surface area contributed by atoms with Crippen molar-refractivity contribution in [1.29, 1.82) is 0 Å². The predicted molar refractivity (Wildman–Crippen MR) is 141 cm³/mol. The van der Waals surface area contributed by atoms with E-state index in [2.05, 4.69) is 88.9 Å². The van der Waals surface area contributed by atoms with Gasteiger partial charge in [-0.25, -0.2) is 0 Å². The summed E-state index contributed by atoms with van der Waals surface area (Å²) >= 11 is 0. The van der Waals surface area contributed by atoms with Crippen LogP contribution >= 0.6 is 0 Å². The number of hydrogen-bond donors (Lipinski definition) is 0. The summed E-state index contributed by atoms with van der Waals surface area (Å²) in [6.45, 7) is 0. The molecule has 0 unspecified atom stereocenters. The van der Waals surface area contributed by atoms with Gasteiger partial charge in [0, 0.05) is 19.0 Å². The summed E-state index contributed by atoms with van der Waals surface area (Å²) in [5.74, 6) is 0. The summed E-state index contributed by atoms with van der Waals surface area (Å²) in [7, 11) is 0. The van der Waals surface area contributed by atoms with Gasteiger partial charge in [0.05, 0.1) is 23.3 Å². The van der Waals surface area contributed by atoms with Gasteiger partial charge in [0.15, 0.2) is 0 Å². The Kier molecular flexibility index (Phi) is 3.27. The lowest BCUT2D eigenvalue weighted by molar-refractivity contribution is 0.984. The van der Waals surface area contributed by atoms with Crippen LogP contribution in [0.2, 0.25) is 0 Å². The number of pyridine rings is 1. The molecule has 3 heterocycles. The number of aromatic nitrogens is 1. The third-order valence-electron chi connectivity index (χ3n) is 8.61. The first kappa shape index (κ1) is 18.2. The fourth-order valence-corrected chi connectivity index (χ4v) is 7.11. The topological polar surface area (TPSA) is 16.1 Å². The van der Waals surface area contributed by atoms with Gasteiger partial charge in [0.1, 0.15) is 0 Å². The zero-order valence-corrected chi connectivity index (χ0v) is 19.3. The van der Waals surface area contributed by atoms with Crippen LogP contribution in [0.5, 0.6) is 0 Å². The van der Waals surface area contributed by atoms with Gasteiger partial charge in [-0.2, -0.15) is 0 Å². The van der Waals surface area contributed by atoms with E-state index < -0.39 is 0 Å². The van der Waals surface area contributed by atoms with Crippen molar-refractivity contribution in [3.63, 3.8) is 0 Å². The van der Waals surface area contributed by atoms with Gasteiger partial charge >= 0.3 is 0 Å². The van der Waals surface area contributed by atoms with Gasteiger partial charge in [-0.05, 0) is 97.8 Å². The molecule has 0 saturated heterocycles. The molecule has 5 aromatic rings. The molecule has 0 spiro atoms. The Balaban J connectivity index is 1.34. The first-order valence-corrected chi connectivity index (χ1v) is 12.6. The van der Waals surface area contributed by atoms with E-state index in [0.29, 0.717) is 0 Å². The largest absolute Gasteiger partial charge is 0.308 e. The van der Waals surface area contributed by atoms with Gasteiger partial charge < -0.3 is 4.90 Å². The van der Waals surface area contributed by atoms with Crippen molar-refractivity contribution in [3.8, 4) is 22.3 Å². The molecule has 2 aliphatic carbocycles. The summed E-state index contributed by atoms with van der Waals surface area (Å²) in [6, 6.07) is 27.5. The van der Waals surface area contributed by atoms with Gasteiger partial charge in [-0.15, -0.1) is 0 Å². The SMILES string of the molecule is c1ccc2c(c1)Cc1cc3c(cc1-2)N1c2cnccc2Cc2cc4c(c(c21)C3)Cc1ccccc1-4. The van der Waals surface area contributed by atoms with Crippen molar-refractivity contribution < 1.29 is 0 Å². The van der Waals surface area contributed by atoms with Crippen LogP contribution in [0.4, 0.5) is 17.1 Å². The molecule has 35 heavy (non-hydrogen) atoms. The maximum atomic E-state index is 4.57. The molecule has 2 heteroatoms. The standard InChI is InChI=1S/C33H22N2/c1-3-7-25-19(5-1)11-22-13-23-15-30-29-14-20-6-2-4-8-26(20)28(29)16-24-12-21-9-10-34-18-32(21)35(33(24)30)31(23)17-27(22)25/h1-10,13,16-18H,11-12,14-15H2. The van der Waals surface area contributed by atoms with Crippen molar-refractivity contribution in [2.75, 3.05) is 4.90 Å². The molecule has 0 N–H and O–H groups in total. The first-order chi connectivity index (χ1) is 17.3. The Hall–Kier alpha value is -4.17. The molecule has 1 aromatic heterocycles. The molecule has 0 atom stereocenters. The molecular weight excluding hydrogens is 424 g/mol. The van der Waals surface area contributed by atoms with E-state index in [1.807, 2.05) is 6.20 Å². The first-order valence-electron chi connectivity index (χ1n) is 12.6. The Bertz CT molecular complexity index is 1760. The molecule has 2 nitrogen and oxygen atoms in total.